The molecule has 0 spiro atoms. The zero-order valence-corrected chi connectivity index (χ0v) is 13.5. The van der Waals surface area contributed by atoms with E-state index >= 15 is 0 Å². The first-order valence-corrected chi connectivity index (χ1v) is 7.93. The molecule has 2 aromatic rings. The van der Waals surface area contributed by atoms with Crippen LogP contribution in [-0.4, -0.2) is 22.5 Å². The van der Waals surface area contributed by atoms with E-state index in [0.29, 0.717) is 5.75 Å². The van der Waals surface area contributed by atoms with Gasteiger partial charge in [0.05, 0.1) is 6.04 Å². The minimum atomic E-state index is -0.121. The monoisotopic (exact) mass is 311 g/mol. The molecule has 1 atom stereocenters. The fourth-order valence-corrected chi connectivity index (χ4v) is 2.82. The van der Waals surface area contributed by atoms with E-state index in [1.54, 1.807) is 0 Å². The Balaban J connectivity index is 1.59. The lowest BCUT2D eigenvalue weighted by Gasteiger charge is -2.25. The Kier molecular flexibility index (Phi) is 4.55. The third kappa shape index (κ3) is 3.86. The molecule has 1 unspecified atom stereocenters. The largest absolute Gasteiger partial charge is 0.484 e. The molecule has 1 heterocycles. The first-order valence-electron chi connectivity index (χ1n) is 7.93. The van der Waals surface area contributed by atoms with E-state index in [4.69, 9.17) is 4.74 Å². The molecule has 0 radical (unpaired) electrons. The molecule has 0 saturated heterocycles. The number of hydrogen-bond donors (Lipinski definition) is 1. The predicted octanol–water partition coefficient (Wildman–Crippen LogP) is 2.67. The molecule has 23 heavy (non-hydrogen) atoms. The maximum absolute atomic E-state index is 12.2. The number of benzene rings is 1. The fraction of sp³-hybridized carbons (Fsp3) is 0.389. The number of nitrogens with one attached hydrogen (secondary N) is 1. The van der Waals surface area contributed by atoms with Crippen molar-refractivity contribution >= 4 is 5.91 Å². The molecule has 1 amide bonds. The summed E-state index contributed by atoms with van der Waals surface area (Å²) in [5.74, 6) is 1.36. The van der Waals surface area contributed by atoms with E-state index in [2.05, 4.69) is 15.3 Å². The summed E-state index contributed by atoms with van der Waals surface area (Å²) in [6.07, 6.45) is 4.72. The van der Waals surface area contributed by atoms with Crippen molar-refractivity contribution in [3.8, 4) is 5.75 Å². The van der Waals surface area contributed by atoms with E-state index in [9.17, 15) is 4.79 Å². The first-order chi connectivity index (χ1) is 11.1. The van der Waals surface area contributed by atoms with Gasteiger partial charge in [0.2, 0.25) is 0 Å². The van der Waals surface area contributed by atoms with E-state index < -0.39 is 0 Å². The Morgan fingerprint density at radius 3 is 2.87 bits per heavy atom. The van der Waals surface area contributed by atoms with Gasteiger partial charge in [-0.2, -0.15) is 0 Å². The van der Waals surface area contributed by atoms with Crippen LogP contribution < -0.4 is 10.1 Å². The Bertz CT molecular complexity index is 698. The number of carbonyl (C=O) groups is 1. The van der Waals surface area contributed by atoms with Crippen LogP contribution in [0.15, 0.2) is 30.5 Å². The van der Waals surface area contributed by atoms with Gasteiger partial charge in [0.1, 0.15) is 11.6 Å². The maximum atomic E-state index is 12.2. The summed E-state index contributed by atoms with van der Waals surface area (Å²) < 4.78 is 5.53. The van der Waals surface area contributed by atoms with Gasteiger partial charge in [0, 0.05) is 17.5 Å². The average Bonchev–Trinajstić information content (AvgIpc) is 2.54. The highest BCUT2D eigenvalue weighted by molar-refractivity contribution is 5.78. The van der Waals surface area contributed by atoms with Crippen molar-refractivity contribution in [2.75, 3.05) is 6.61 Å². The molecule has 1 aliphatic carbocycles. The van der Waals surface area contributed by atoms with Crippen LogP contribution in [0, 0.1) is 13.8 Å². The lowest BCUT2D eigenvalue weighted by Crippen LogP contribution is -2.34. The van der Waals surface area contributed by atoms with Gasteiger partial charge >= 0.3 is 0 Å². The van der Waals surface area contributed by atoms with E-state index in [1.165, 1.54) is 0 Å². The Morgan fingerprint density at radius 2 is 2.09 bits per heavy atom. The third-order valence-corrected chi connectivity index (χ3v) is 4.03. The van der Waals surface area contributed by atoms with E-state index in [-0.39, 0.29) is 18.6 Å². The first kappa shape index (κ1) is 15.5. The van der Waals surface area contributed by atoms with Gasteiger partial charge in [0.15, 0.2) is 6.61 Å². The van der Waals surface area contributed by atoms with Crippen LogP contribution in [0.2, 0.25) is 0 Å². The third-order valence-electron chi connectivity index (χ3n) is 4.03. The fourth-order valence-electron chi connectivity index (χ4n) is 2.82. The summed E-state index contributed by atoms with van der Waals surface area (Å²) in [6.45, 7) is 3.92. The highest BCUT2D eigenvalue weighted by atomic mass is 16.5. The smallest absolute Gasteiger partial charge is 0.258 e. The topological polar surface area (TPSA) is 64.1 Å². The van der Waals surface area contributed by atoms with Crippen LogP contribution >= 0.6 is 0 Å². The van der Waals surface area contributed by atoms with Crippen molar-refractivity contribution in [3.63, 3.8) is 0 Å². The van der Waals surface area contributed by atoms with Gasteiger partial charge in [-0.05, 0) is 45.2 Å². The molecule has 1 N–H and O–H groups in total. The van der Waals surface area contributed by atoms with Crippen molar-refractivity contribution in [3.05, 3.63) is 53.1 Å². The minimum Gasteiger partial charge on any atom is -0.484 e. The molecule has 5 nitrogen and oxygen atoms in total. The summed E-state index contributed by atoms with van der Waals surface area (Å²) in [5.41, 5.74) is 3.25. The molecule has 3 rings (SSSR count). The molecule has 1 aliphatic rings. The number of aromatic nitrogens is 2. The van der Waals surface area contributed by atoms with Gasteiger partial charge in [-0.25, -0.2) is 9.97 Å². The van der Waals surface area contributed by atoms with Gasteiger partial charge in [-0.1, -0.05) is 17.7 Å². The molecule has 5 heteroatoms. The summed E-state index contributed by atoms with van der Waals surface area (Å²) in [5, 5.41) is 3.03. The van der Waals surface area contributed by atoms with E-state index in [0.717, 1.165) is 41.9 Å². The number of ether oxygens (including phenoxy) is 1. The zero-order valence-electron chi connectivity index (χ0n) is 13.5. The molecular formula is C18H21N3O2. The highest BCUT2D eigenvalue weighted by Crippen LogP contribution is 2.27. The number of fused-ring (bicyclic) bond motifs is 1. The van der Waals surface area contributed by atoms with Crippen LogP contribution in [0.25, 0.3) is 0 Å². The number of nitrogens with zero attached hydrogens (tertiary/aromatic N) is 2. The van der Waals surface area contributed by atoms with Crippen LogP contribution in [0.3, 0.4) is 0 Å². The van der Waals surface area contributed by atoms with Crippen LogP contribution in [0.1, 0.15) is 41.5 Å². The summed E-state index contributed by atoms with van der Waals surface area (Å²) >= 11 is 0. The number of carbonyl (C=O) groups excluding carboxylic acids is 1. The quantitative estimate of drug-likeness (QED) is 0.943. The van der Waals surface area contributed by atoms with Gasteiger partial charge < -0.3 is 10.1 Å². The number of rotatable bonds is 4. The molecule has 0 fully saturated rings. The van der Waals surface area contributed by atoms with Crippen molar-refractivity contribution in [2.45, 2.75) is 39.2 Å². The number of aryl methyl sites for hydroxylation is 3. The van der Waals surface area contributed by atoms with Crippen molar-refractivity contribution in [2.24, 2.45) is 0 Å². The van der Waals surface area contributed by atoms with Crippen molar-refractivity contribution in [1.82, 2.24) is 15.3 Å². The SMILES string of the molecule is Cc1ccc(OCC(=O)NC2CCCc3nc(C)ncc32)cc1. The number of hydrogen-bond acceptors (Lipinski definition) is 4. The van der Waals surface area contributed by atoms with Crippen LogP contribution in [0.4, 0.5) is 0 Å². The van der Waals surface area contributed by atoms with Crippen molar-refractivity contribution < 1.29 is 9.53 Å². The van der Waals surface area contributed by atoms with E-state index in [1.807, 2.05) is 44.3 Å². The normalized spacial score (nSPS) is 16.5. The molecule has 0 saturated carbocycles. The van der Waals surface area contributed by atoms with Gasteiger partial charge in [0.25, 0.3) is 5.91 Å². The highest BCUT2D eigenvalue weighted by Gasteiger charge is 2.23. The molecule has 0 bridgehead atoms. The Morgan fingerprint density at radius 1 is 1.30 bits per heavy atom. The second-order valence-electron chi connectivity index (χ2n) is 5.93. The maximum Gasteiger partial charge on any atom is 0.258 e. The molecular weight excluding hydrogens is 290 g/mol. The summed E-state index contributed by atoms with van der Waals surface area (Å²) in [4.78, 5) is 20.9. The second-order valence-corrected chi connectivity index (χ2v) is 5.93. The summed E-state index contributed by atoms with van der Waals surface area (Å²) in [6, 6.07) is 7.65. The number of amides is 1. The minimum absolute atomic E-state index is 0.0155. The predicted molar refractivity (Wildman–Crippen MR) is 87.3 cm³/mol. The lowest BCUT2D eigenvalue weighted by molar-refractivity contribution is -0.124. The molecule has 120 valence electrons. The Hall–Kier alpha value is -2.43. The average molecular weight is 311 g/mol. The zero-order chi connectivity index (χ0) is 16.2. The van der Waals surface area contributed by atoms with Gasteiger partial charge in [-0.15, -0.1) is 0 Å². The van der Waals surface area contributed by atoms with Crippen LogP contribution in [0.5, 0.6) is 5.75 Å². The molecule has 1 aromatic heterocycles. The standard InChI is InChI=1S/C18H21N3O2/c1-12-6-8-14(9-7-12)23-11-18(22)21-17-5-3-4-16-15(17)10-19-13(2)20-16/h6-10,17H,3-5,11H2,1-2H3,(H,21,22). The Labute approximate surface area is 136 Å². The van der Waals surface area contributed by atoms with Gasteiger partial charge in [-0.3, -0.25) is 4.79 Å². The summed E-state index contributed by atoms with van der Waals surface area (Å²) in [7, 11) is 0. The molecule has 1 aromatic carbocycles. The lowest BCUT2D eigenvalue weighted by atomic mass is 9.92. The second kappa shape index (κ2) is 6.77. The van der Waals surface area contributed by atoms with Crippen molar-refractivity contribution in [1.29, 1.82) is 0 Å². The molecule has 0 aliphatic heterocycles. The van der Waals surface area contributed by atoms with Crippen LogP contribution in [-0.2, 0) is 11.2 Å².